The topological polar surface area (TPSA) is 61.4 Å². The molecule has 1 aromatic carbocycles. The Kier molecular flexibility index (Phi) is 14.0. The summed E-state index contributed by atoms with van der Waals surface area (Å²) in [5.41, 5.74) is 1.14. The highest BCUT2D eigenvalue weighted by Gasteiger charge is 2.10. The van der Waals surface area contributed by atoms with Crippen LogP contribution in [0.1, 0.15) is 19.4 Å². The van der Waals surface area contributed by atoms with Crippen LogP contribution in [0.2, 0.25) is 0 Å². The Morgan fingerprint density at radius 3 is 2.59 bits per heavy atom. The van der Waals surface area contributed by atoms with Gasteiger partial charge in [0.2, 0.25) is 0 Å². The highest BCUT2D eigenvalue weighted by Crippen LogP contribution is 2.17. The minimum Gasteiger partial charge on any atom is -0.492 e. The molecule has 0 unspecified atom stereocenters. The van der Waals surface area contributed by atoms with Crippen molar-refractivity contribution in [2.45, 2.75) is 20.4 Å². The molecule has 1 saturated heterocycles. The number of rotatable bonds is 11. The first kappa shape index (κ1) is 25.9. The summed E-state index contributed by atoms with van der Waals surface area (Å²) in [5, 5.41) is 6.78. The van der Waals surface area contributed by atoms with Gasteiger partial charge in [0.05, 0.1) is 13.2 Å². The molecule has 166 valence electrons. The third kappa shape index (κ3) is 9.97. The van der Waals surface area contributed by atoms with Crippen molar-refractivity contribution >= 4 is 29.9 Å². The molecule has 0 spiro atoms. The number of guanidine groups is 1. The van der Waals surface area contributed by atoms with E-state index in [-0.39, 0.29) is 24.0 Å². The van der Waals surface area contributed by atoms with Gasteiger partial charge < -0.3 is 25.0 Å². The van der Waals surface area contributed by atoms with Crippen LogP contribution in [0.3, 0.4) is 0 Å². The summed E-state index contributed by atoms with van der Waals surface area (Å²) >= 11 is 0. The number of nitrogens with zero attached hydrogens (tertiary/aromatic N) is 3. The molecule has 0 amide bonds. The fourth-order valence-electron chi connectivity index (χ4n) is 3.17. The summed E-state index contributed by atoms with van der Waals surface area (Å²) < 4.78 is 11.4. The summed E-state index contributed by atoms with van der Waals surface area (Å²) in [6, 6.07) is 8.20. The Morgan fingerprint density at radius 1 is 1.17 bits per heavy atom. The number of halogens is 1. The van der Waals surface area contributed by atoms with E-state index >= 15 is 0 Å². The minimum absolute atomic E-state index is 0. The van der Waals surface area contributed by atoms with Crippen molar-refractivity contribution in [3.8, 4) is 5.75 Å². The van der Waals surface area contributed by atoms with E-state index in [0.29, 0.717) is 13.2 Å². The SMILES string of the molecule is CCN(CC)CCOc1ccccc1CNC(=NC)NCCN1CCOCC1.I. The van der Waals surface area contributed by atoms with Crippen molar-refractivity contribution in [3.05, 3.63) is 29.8 Å². The van der Waals surface area contributed by atoms with Crippen LogP contribution in [0.15, 0.2) is 29.3 Å². The van der Waals surface area contributed by atoms with E-state index in [4.69, 9.17) is 9.47 Å². The number of benzene rings is 1. The maximum atomic E-state index is 6.04. The zero-order chi connectivity index (χ0) is 20.0. The van der Waals surface area contributed by atoms with Gasteiger partial charge in [-0.1, -0.05) is 32.0 Å². The number of aliphatic imine (C=N–C) groups is 1. The maximum Gasteiger partial charge on any atom is 0.191 e. The Morgan fingerprint density at radius 2 is 1.90 bits per heavy atom. The molecule has 1 heterocycles. The summed E-state index contributed by atoms with van der Waals surface area (Å²) in [5.74, 6) is 1.75. The van der Waals surface area contributed by atoms with E-state index in [0.717, 1.165) is 76.3 Å². The van der Waals surface area contributed by atoms with Gasteiger partial charge >= 0.3 is 0 Å². The highest BCUT2D eigenvalue weighted by atomic mass is 127. The van der Waals surface area contributed by atoms with E-state index in [9.17, 15) is 0 Å². The summed E-state index contributed by atoms with van der Waals surface area (Å²) in [4.78, 5) is 9.09. The molecule has 0 aromatic heterocycles. The third-order valence-corrected chi connectivity index (χ3v) is 5.03. The van der Waals surface area contributed by atoms with Gasteiger partial charge in [-0.05, 0) is 19.2 Å². The first-order chi connectivity index (χ1) is 13.8. The largest absolute Gasteiger partial charge is 0.492 e. The van der Waals surface area contributed by atoms with Crippen molar-refractivity contribution in [2.24, 2.45) is 4.99 Å². The molecule has 2 rings (SSSR count). The van der Waals surface area contributed by atoms with E-state index in [1.165, 1.54) is 0 Å². The minimum atomic E-state index is 0. The number of para-hydroxylation sites is 1. The van der Waals surface area contributed by atoms with Crippen molar-refractivity contribution in [1.82, 2.24) is 20.4 Å². The van der Waals surface area contributed by atoms with Gasteiger partial charge in [0, 0.05) is 51.9 Å². The smallest absolute Gasteiger partial charge is 0.191 e. The monoisotopic (exact) mass is 519 g/mol. The van der Waals surface area contributed by atoms with Crippen LogP contribution in [0.5, 0.6) is 5.75 Å². The molecule has 7 nitrogen and oxygen atoms in total. The molecule has 0 bridgehead atoms. The van der Waals surface area contributed by atoms with E-state index < -0.39 is 0 Å². The second-order valence-electron chi connectivity index (χ2n) is 6.79. The van der Waals surface area contributed by atoms with Gasteiger partial charge in [-0.2, -0.15) is 0 Å². The van der Waals surface area contributed by atoms with E-state index in [2.05, 4.69) is 45.3 Å². The van der Waals surface area contributed by atoms with Gasteiger partial charge in [0.1, 0.15) is 12.4 Å². The van der Waals surface area contributed by atoms with Crippen LogP contribution in [-0.4, -0.2) is 88.4 Å². The molecular formula is C21H38IN5O2. The molecule has 0 radical (unpaired) electrons. The molecule has 1 aromatic rings. The van der Waals surface area contributed by atoms with E-state index in [1.54, 1.807) is 7.05 Å². The van der Waals surface area contributed by atoms with Crippen molar-refractivity contribution < 1.29 is 9.47 Å². The van der Waals surface area contributed by atoms with E-state index in [1.807, 2.05) is 18.2 Å². The highest BCUT2D eigenvalue weighted by molar-refractivity contribution is 14.0. The standard InChI is InChI=1S/C21H37N5O2.HI/c1-4-25(5-2)14-17-28-20-9-7-6-8-19(20)18-24-21(22-3)23-10-11-26-12-15-27-16-13-26;/h6-9H,4-5,10-18H2,1-3H3,(H2,22,23,24);1H. The lowest BCUT2D eigenvalue weighted by molar-refractivity contribution is 0.0389. The molecule has 1 aliphatic rings. The van der Waals surface area contributed by atoms with Crippen molar-refractivity contribution in [1.29, 1.82) is 0 Å². The summed E-state index contributed by atoms with van der Waals surface area (Å²) in [7, 11) is 1.80. The first-order valence-corrected chi connectivity index (χ1v) is 10.4. The Labute approximate surface area is 193 Å². The zero-order valence-electron chi connectivity index (χ0n) is 18.2. The lowest BCUT2D eigenvalue weighted by Gasteiger charge is -2.26. The molecule has 0 saturated carbocycles. The predicted octanol–water partition coefficient (Wildman–Crippen LogP) is 2.02. The number of hydrogen-bond acceptors (Lipinski definition) is 5. The average Bonchev–Trinajstić information content (AvgIpc) is 2.75. The van der Waals surface area contributed by atoms with Gasteiger partial charge in [-0.3, -0.25) is 9.89 Å². The quantitative estimate of drug-likeness (QED) is 0.265. The molecule has 29 heavy (non-hydrogen) atoms. The van der Waals surface area contributed by atoms with Crippen LogP contribution in [-0.2, 0) is 11.3 Å². The third-order valence-electron chi connectivity index (χ3n) is 5.03. The predicted molar refractivity (Wildman–Crippen MR) is 131 cm³/mol. The molecule has 1 aliphatic heterocycles. The van der Waals surface area contributed by atoms with Crippen molar-refractivity contribution in [2.75, 3.05) is 72.7 Å². The van der Waals surface area contributed by atoms with Crippen LogP contribution < -0.4 is 15.4 Å². The fourth-order valence-corrected chi connectivity index (χ4v) is 3.17. The maximum absolute atomic E-state index is 6.04. The lowest BCUT2D eigenvalue weighted by Crippen LogP contribution is -2.44. The Balaban J connectivity index is 0.00000420. The van der Waals surface area contributed by atoms with Crippen LogP contribution >= 0.6 is 24.0 Å². The zero-order valence-corrected chi connectivity index (χ0v) is 20.5. The van der Waals surface area contributed by atoms with Crippen LogP contribution in [0.25, 0.3) is 0 Å². The molecule has 0 aliphatic carbocycles. The molecule has 1 fully saturated rings. The molecule has 8 heteroatoms. The van der Waals surface area contributed by atoms with Gasteiger partial charge in [0.15, 0.2) is 5.96 Å². The first-order valence-electron chi connectivity index (χ1n) is 10.4. The van der Waals surface area contributed by atoms with Crippen LogP contribution in [0, 0.1) is 0 Å². The summed E-state index contributed by atoms with van der Waals surface area (Å²) in [6.07, 6.45) is 0. The molecule has 0 atom stereocenters. The van der Waals surface area contributed by atoms with Crippen LogP contribution in [0.4, 0.5) is 0 Å². The second kappa shape index (κ2) is 15.7. The Bertz CT molecular complexity index is 578. The summed E-state index contributed by atoms with van der Waals surface area (Å²) in [6.45, 7) is 14.3. The number of nitrogens with one attached hydrogen (secondary N) is 2. The Hall–Kier alpha value is -1.10. The average molecular weight is 519 g/mol. The van der Waals surface area contributed by atoms with Gasteiger partial charge in [-0.25, -0.2) is 0 Å². The lowest BCUT2D eigenvalue weighted by atomic mass is 10.2. The number of hydrogen-bond donors (Lipinski definition) is 2. The van der Waals surface area contributed by atoms with Crippen molar-refractivity contribution in [3.63, 3.8) is 0 Å². The van der Waals surface area contributed by atoms with Gasteiger partial charge in [-0.15, -0.1) is 24.0 Å². The number of likely N-dealkylation sites (N-methyl/N-ethyl adjacent to an activating group) is 1. The fraction of sp³-hybridized carbons (Fsp3) is 0.667. The second-order valence-corrected chi connectivity index (χ2v) is 6.79. The number of morpholine rings is 1. The molecule has 2 N–H and O–H groups in total. The number of ether oxygens (including phenoxy) is 2. The van der Waals surface area contributed by atoms with Gasteiger partial charge in [0.25, 0.3) is 0 Å². The normalized spacial score (nSPS) is 15.1. The molecular weight excluding hydrogens is 481 g/mol.